The van der Waals surface area contributed by atoms with E-state index in [0.717, 1.165) is 36.1 Å². The maximum atomic E-state index is 12.6. The fraction of sp³-hybridized carbons (Fsp3) is 0.364. The summed E-state index contributed by atoms with van der Waals surface area (Å²) in [6, 6.07) is 6.92. The van der Waals surface area contributed by atoms with Gasteiger partial charge in [-0.05, 0) is 43.4 Å². The number of likely N-dealkylation sites (N-methyl/N-ethyl adjacent to an activating group) is 1. The zero-order chi connectivity index (χ0) is 22.0. The van der Waals surface area contributed by atoms with E-state index in [0.29, 0.717) is 28.3 Å². The van der Waals surface area contributed by atoms with Crippen molar-refractivity contribution in [3.63, 3.8) is 0 Å². The first-order chi connectivity index (χ1) is 14.9. The summed E-state index contributed by atoms with van der Waals surface area (Å²) in [6.45, 7) is -0.0926. The van der Waals surface area contributed by atoms with Crippen LogP contribution in [0.15, 0.2) is 29.1 Å². The highest BCUT2D eigenvalue weighted by molar-refractivity contribution is 7.18. The standard InChI is InChI=1S/C22H23ClN4O3S/c1-27(12-18(28)24-15-8-4-3-7-14(15)23)19(29)11-10-17-25-21(30)20-13-6-2-5-9-16(13)31-22(20)26-17/h3-4,7-8H,2,5-6,9-12H2,1H3,(H,24,28)(H,25,26,30). The summed E-state index contributed by atoms with van der Waals surface area (Å²) in [4.78, 5) is 48.1. The molecule has 0 fully saturated rings. The molecule has 3 aromatic rings. The average Bonchev–Trinajstić information content (AvgIpc) is 3.12. The molecule has 162 valence electrons. The van der Waals surface area contributed by atoms with Crippen LogP contribution in [0.3, 0.4) is 0 Å². The predicted octanol–water partition coefficient (Wildman–Crippen LogP) is 3.55. The van der Waals surface area contributed by atoms with Crippen molar-refractivity contribution < 1.29 is 9.59 Å². The van der Waals surface area contributed by atoms with Gasteiger partial charge in [0.25, 0.3) is 5.56 Å². The summed E-state index contributed by atoms with van der Waals surface area (Å²) in [7, 11) is 1.57. The van der Waals surface area contributed by atoms with Crippen molar-refractivity contribution in [1.29, 1.82) is 0 Å². The van der Waals surface area contributed by atoms with E-state index in [4.69, 9.17) is 11.6 Å². The summed E-state index contributed by atoms with van der Waals surface area (Å²) < 4.78 is 0. The Morgan fingerprint density at radius 2 is 2.03 bits per heavy atom. The minimum absolute atomic E-state index is 0.0926. The summed E-state index contributed by atoms with van der Waals surface area (Å²) >= 11 is 7.63. The highest BCUT2D eigenvalue weighted by Crippen LogP contribution is 2.33. The number of para-hydroxylation sites is 1. The molecule has 0 atom stereocenters. The fourth-order valence-corrected chi connectivity index (χ4v) is 5.26. The van der Waals surface area contributed by atoms with Gasteiger partial charge in [-0.2, -0.15) is 0 Å². The van der Waals surface area contributed by atoms with Crippen LogP contribution in [0.1, 0.15) is 35.5 Å². The zero-order valence-corrected chi connectivity index (χ0v) is 18.7. The molecule has 2 aromatic heterocycles. The Hall–Kier alpha value is -2.71. The van der Waals surface area contributed by atoms with Crippen LogP contribution < -0.4 is 10.9 Å². The first-order valence-electron chi connectivity index (χ1n) is 10.2. The second-order valence-electron chi connectivity index (χ2n) is 7.68. The third-order valence-corrected chi connectivity index (χ3v) is 6.92. The highest BCUT2D eigenvalue weighted by Gasteiger charge is 2.20. The molecular weight excluding hydrogens is 436 g/mol. The first-order valence-corrected chi connectivity index (χ1v) is 11.4. The molecule has 0 saturated carbocycles. The second kappa shape index (κ2) is 9.20. The molecule has 1 aliphatic rings. The molecule has 7 nitrogen and oxygen atoms in total. The number of halogens is 1. The molecular formula is C22H23ClN4O3S. The van der Waals surface area contributed by atoms with Gasteiger partial charge in [0.05, 0.1) is 22.6 Å². The quantitative estimate of drug-likeness (QED) is 0.590. The SMILES string of the molecule is CN(CC(=O)Nc1ccccc1Cl)C(=O)CCc1nc2sc3c(c2c(=O)[nH]1)CCCC3. The van der Waals surface area contributed by atoms with Crippen LogP contribution in [0.25, 0.3) is 10.2 Å². The molecule has 1 aromatic carbocycles. The summed E-state index contributed by atoms with van der Waals surface area (Å²) in [5.74, 6) is -0.0398. The number of nitrogens with zero attached hydrogens (tertiary/aromatic N) is 2. The molecule has 2 heterocycles. The lowest BCUT2D eigenvalue weighted by atomic mass is 9.97. The number of fused-ring (bicyclic) bond motifs is 3. The van der Waals surface area contributed by atoms with Gasteiger partial charge in [0.1, 0.15) is 10.7 Å². The van der Waals surface area contributed by atoms with E-state index in [1.54, 1.807) is 42.6 Å². The fourth-order valence-electron chi connectivity index (χ4n) is 3.80. The lowest BCUT2D eigenvalue weighted by molar-refractivity contribution is -0.133. The maximum Gasteiger partial charge on any atom is 0.259 e. The molecule has 0 radical (unpaired) electrons. The Bertz CT molecular complexity index is 1200. The number of nitrogens with one attached hydrogen (secondary N) is 2. The number of hydrogen-bond donors (Lipinski definition) is 2. The molecule has 0 unspecified atom stereocenters. The van der Waals surface area contributed by atoms with Crippen molar-refractivity contribution in [3.05, 3.63) is 55.9 Å². The van der Waals surface area contributed by atoms with Crippen molar-refractivity contribution in [1.82, 2.24) is 14.9 Å². The van der Waals surface area contributed by atoms with E-state index in [2.05, 4.69) is 15.3 Å². The molecule has 2 amide bonds. The van der Waals surface area contributed by atoms with Crippen molar-refractivity contribution >= 4 is 50.7 Å². The third-order valence-electron chi connectivity index (χ3n) is 5.40. The largest absolute Gasteiger partial charge is 0.336 e. The van der Waals surface area contributed by atoms with E-state index >= 15 is 0 Å². The van der Waals surface area contributed by atoms with Crippen LogP contribution in [0, 0.1) is 0 Å². The van der Waals surface area contributed by atoms with Crippen molar-refractivity contribution in [2.45, 2.75) is 38.5 Å². The number of benzene rings is 1. The Balaban J connectivity index is 1.37. The lowest BCUT2D eigenvalue weighted by Gasteiger charge is -2.17. The van der Waals surface area contributed by atoms with Gasteiger partial charge < -0.3 is 15.2 Å². The summed E-state index contributed by atoms with van der Waals surface area (Å²) in [6.07, 6.45) is 4.64. The van der Waals surface area contributed by atoms with Crippen molar-refractivity contribution in [2.24, 2.45) is 0 Å². The summed E-state index contributed by atoms with van der Waals surface area (Å²) in [5.41, 5.74) is 1.52. The zero-order valence-electron chi connectivity index (χ0n) is 17.2. The number of carbonyl (C=O) groups excluding carboxylic acids is 2. The Kier molecular flexibility index (Phi) is 6.38. The number of thiophene rings is 1. The van der Waals surface area contributed by atoms with Gasteiger partial charge in [0.2, 0.25) is 11.8 Å². The highest BCUT2D eigenvalue weighted by atomic mass is 35.5. The Labute approximate surface area is 188 Å². The normalized spacial score (nSPS) is 13.1. The van der Waals surface area contributed by atoms with Crippen molar-refractivity contribution in [2.75, 3.05) is 18.9 Å². The van der Waals surface area contributed by atoms with E-state index in [9.17, 15) is 14.4 Å². The molecule has 31 heavy (non-hydrogen) atoms. The maximum absolute atomic E-state index is 12.6. The van der Waals surface area contributed by atoms with Gasteiger partial charge in [0, 0.05) is 24.8 Å². The van der Waals surface area contributed by atoms with Gasteiger partial charge in [0.15, 0.2) is 0 Å². The van der Waals surface area contributed by atoms with Crippen LogP contribution >= 0.6 is 22.9 Å². The summed E-state index contributed by atoms with van der Waals surface area (Å²) in [5, 5.41) is 3.84. The monoisotopic (exact) mass is 458 g/mol. The molecule has 1 aliphatic carbocycles. The van der Waals surface area contributed by atoms with Crippen LogP contribution in [0.2, 0.25) is 5.02 Å². The van der Waals surface area contributed by atoms with Crippen LogP contribution in [-0.4, -0.2) is 40.3 Å². The number of carbonyl (C=O) groups is 2. The van der Waals surface area contributed by atoms with Gasteiger partial charge in [-0.25, -0.2) is 4.98 Å². The van der Waals surface area contributed by atoms with Crippen molar-refractivity contribution in [3.8, 4) is 0 Å². The topological polar surface area (TPSA) is 95.2 Å². The molecule has 4 rings (SSSR count). The van der Waals surface area contributed by atoms with Gasteiger partial charge in [-0.15, -0.1) is 11.3 Å². The number of hydrogen-bond acceptors (Lipinski definition) is 5. The first kappa shape index (κ1) is 21.5. The number of anilines is 1. The molecule has 9 heteroatoms. The average molecular weight is 459 g/mol. The Morgan fingerprint density at radius 1 is 1.26 bits per heavy atom. The minimum atomic E-state index is -0.332. The number of aryl methyl sites for hydroxylation is 3. The van der Waals surface area contributed by atoms with Crippen LogP contribution in [0.5, 0.6) is 0 Å². The van der Waals surface area contributed by atoms with Gasteiger partial charge in [-0.1, -0.05) is 23.7 Å². The van der Waals surface area contributed by atoms with E-state index in [-0.39, 0.29) is 30.3 Å². The van der Waals surface area contributed by atoms with Crippen LogP contribution in [-0.2, 0) is 28.9 Å². The van der Waals surface area contributed by atoms with Crippen LogP contribution in [0.4, 0.5) is 5.69 Å². The smallest absolute Gasteiger partial charge is 0.259 e. The third kappa shape index (κ3) is 4.80. The Morgan fingerprint density at radius 3 is 2.84 bits per heavy atom. The lowest BCUT2D eigenvalue weighted by Crippen LogP contribution is -2.35. The number of aromatic nitrogens is 2. The van der Waals surface area contributed by atoms with E-state index in [1.807, 2.05) is 0 Å². The second-order valence-corrected chi connectivity index (χ2v) is 9.17. The molecule has 0 saturated heterocycles. The number of aromatic amines is 1. The molecule has 0 spiro atoms. The van der Waals surface area contributed by atoms with Gasteiger partial charge >= 0.3 is 0 Å². The predicted molar refractivity (Wildman–Crippen MR) is 123 cm³/mol. The molecule has 2 N–H and O–H groups in total. The van der Waals surface area contributed by atoms with E-state index in [1.165, 1.54) is 9.78 Å². The number of amides is 2. The van der Waals surface area contributed by atoms with E-state index < -0.39 is 0 Å². The number of H-pyrrole nitrogens is 1. The number of rotatable bonds is 6. The molecule has 0 bridgehead atoms. The van der Waals surface area contributed by atoms with Gasteiger partial charge in [-0.3, -0.25) is 14.4 Å². The minimum Gasteiger partial charge on any atom is -0.336 e. The molecule has 0 aliphatic heterocycles.